The van der Waals surface area contributed by atoms with Gasteiger partial charge in [-0.2, -0.15) is 5.26 Å². The standard InChI is InChI=1S/C10H13NO5S3/c1-6(5-11)4-7(9(14)15)18-19-10(16)17-3-2-8(12)13/h6-7H,2-4H2,1H3,(H,12,13)(H,14,15). The third-order valence-electron chi connectivity index (χ3n) is 1.83. The fourth-order valence-corrected chi connectivity index (χ4v) is 4.28. The van der Waals surface area contributed by atoms with Crippen LogP contribution >= 0.6 is 33.3 Å². The summed E-state index contributed by atoms with van der Waals surface area (Å²) in [5.41, 5.74) is 0. The molecule has 9 heteroatoms. The molecule has 0 spiro atoms. The Morgan fingerprint density at radius 2 is 1.95 bits per heavy atom. The Balaban J connectivity index is 4.04. The van der Waals surface area contributed by atoms with E-state index in [4.69, 9.17) is 15.5 Å². The maximum Gasteiger partial charge on any atom is 0.317 e. The van der Waals surface area contributed by atoms with E-state index in [1.807, 2.05) is 6.07 Å². The molecule has 0 aromatic carbocycles. The summed E-state index contributed by atoms with van der Waals surface area (Å²) < 4.78 is -0.331. The molecule has 19 heavy (non-hydrogen) atoms. The zero-order chi connectivity index (χ0) is 14.8. The van der Waals surface area contributed by atoms with Gasteiger partial charge in [0.05, 0.1) is 12.5 Å². The van der Waals surface area contributed by atoms with Crippen LogP contribution in [0.3, 0.4) is 0 Å². The van der Waals surface area contributed by atoms with Gasteiger partial charge in [0.2, 0.25) is 0 Å². The average Bonchev–Trinajstić information content (AvgIpc) is 2.33. The van der Waals surface area contributed by atoms with Crippen LogP contribution in [0.25, 0.3) is 0 Å². The highest BCUT2D eigenvalue weighted by molar-refractivity contribution is 8.86. The molecule has 2 N–H and O–H groups in total. The first kappa shape index (κ1) is 18.1. The molecule has 0 bridgehead atoms. The predicted octanol–water partition coefficient (Wildman–Crippen LogP) is 2.70. The number of carboxylic acids is 2. The van der Waals surface area contributed by atoms with Gasteiger partial charge in [-0.05, 0) is 24.1 Å². The van der Waals surface area contributed by atoms with Crippen LogP contribution in [0.1, 0.15) is 19.8 Å². The van der Waals surface area contributed by atoms with Crippen molar-refractivity contribution >= 4 is 49.7 Å². The lowest BCUT2D eigenvalue weighted by Crippen LogP contribution is -2.18. The second kappa shape index (κ2) is 10.00. The van der Waals surface area contributed by atoms with Crippen molar-refractivity contribution in [1.82, 2.24) is 0 Å². The van der Waals surface area contributed by atoms with Gasteiger partial charge in [-0.1, -0.05) is 22.6 Å². The largest absolute Gasteiger partial charge is 0.481 e. The molecular weight excluding hydrogens is 310 g/mol. The van der Waals surface area contributed by atoms with E-state index >= 15 is 0 Å². The zero-order valence-electron chi connectivity index (χ0n) is 10.1. The van der Waals surface area contributed by atoms with Crippen molar-refractivity contribution in [1.29, 1.82) is 5.26 Å². The van der Waals surface area contributed by atoms with E-state index in [1.54, 1.807) is 6.92 Å². The van der Waals surface area contributed by atoms with Gasteiger partial charge in [-0.25, -0.2) is 0 Å². The van der Waals surface area contributed by atoms with Crippen LogP contribution in [0.15, 0.2) is 0 Å². The van der Waals surface area contributed by atoms with Gasteiger partial charge in [-0.15, -0.1) is 0 Å². The van der Waals surface area contributed by atoms with Crippen molar-refractivity contribution in [3.63, 3.8) is 0 Å². The predicted molar refractivity (Wildman–Crippen MR) is 76.1 cm³/mol. The van der Waals surface area contributed by atoms with E-state index in [9.17, 15) is 14.4 Å². The highest BCUT2D eigenvalue weighted by Crippen LogP contribution is 2.35. The fraction of sp³-hybridized carbons (Fsp3) is 0.600. The van der Waals surface area contributed by atoms with Crippen molar-refractivity contribution in [3.8, 4) is 6.07 Å². The number of carbonyl (C=O) groups excluding carboxylic acids is 1. The molecule has 106 valence electrons. The molecule has 6 nitrogen and oxygen atoms in total. The molecule has 2 unspecified atom stereocenters. The lowest BCUT2D eigenvalue weighted by Gasteiger charge is -2.11. The van der Waals surface area contributed by atoms with E-state index < -0.39 is 23.1 Å². The van der Waals surface area contributed by atoms with Crippen molar-refractivity contribution in [2.45, 2.75) is 25.0 Å². The van der Waals surface area contributed by atoms with E-state index in [2.05, 4.69) is 0 Å². The fourth-order valence-electron chi connectivity index (χ4n) is 0.898. The first-order chi connectivity index (χ1) is 8.86. The number of nitrogens with zero attached hydrogens (tertiary/aromatic N) is 1. The molecule has 0 saturated carbocycles. The molecular formula is C10H13NO5S3. The third-order valence-corrected chi connectivity index (χ3v) is 5.69. The van der Waals surface area contributed by atoms with Crippen LogP contribution in [0, 0.1) is 17.2 Å². The SMILES string of the molecule is CC(C#N)CC(SSC(=O)SCCC(=O)O)C(=O)O. The highest BCUT2D eigenvalue weighted by atomic mass is 33.1. The number of rotatable bonds is 8. The van der Waals surface area contributed by atoms with Crippen molar-refractivity contribution in [2.75, 3.05) is 5.75 Å². The van der Waals surface area contributed by atoms with Gasteiger partial charge >= 0.3 is 11.9 Å². The molecule has 0 fully saturated rings. The summed E-state index contributed by atoms with van der Waals surface area (Å²) in [5, 5.41) is 25.1. The first-order valence-corrected chi connectivity index (χ1v) is 8.41. The lowest BCUT2D eigenvalue weighted by atomic mass is 10.1. The molecule has 0 aromatic heterocycles. The molecule has 0 aromatic rings. The summed E-state index contributed by atoms with van der Waals surface area (Å²) in [6.45, 7) is 1.62. The van der Waals surface area contributed by atoms with Crippen molar-refractivity contribution in [3.05, 3.63) is 0 Å². The minimum absolute atomic E-state index is 0.116. The Hall–Kier alpha value is -0.850. The monoisotopic (exact) mass is 323 g/mol. The topological polar surface area (TPSA) is 115 Å². The van der Waals surface area contributed by atoms with Crippen LogP contribution in [0.2, 0.25) is 0 Å². The number of hydrogen-bond donors (Lipinski definition) is 2. The van der Waals surface area contributed by atoms with E-state index in [1.165, 1.54) is 0 Å². The van der Waals surface area contributed by atoms with Gasteiger partial charge in [0.25, 0.3) is 4.45 Å². The average molecular weight is 323 g/mol. The minimum atomic E-state index is -1.07. The smallest absolute Gasteiger partial charge is 0.317 e. The number of carboxylic acid groups (broad SMARTS) is 2. The summed E-state index contributed by atoms with van der Waals surface area (Å²) in [7, 11) is 1.66. The zero-order valence-corrected chi connectivity index (χ0v) is 12.5. The van der Waals surface area contributed by atoms with Gasteiger partial charge in [0.1, 0.15) is 5.25 Å². The molecule has 0 radical (unpaired) electrons. The number of hydrogen-bond acceptors (Lipinski definition) is 7. The maximum atomic E-state index is 11.4. The van der Waals surface area contributed by atoms with Gasteiger partial charge < -0.3 is 10.2 Å². The molecule has 0 amide bonds. The maximum absolute atomic E-state index is 11.4. The van der Waals surface area contributed by atoms with Gasteiger partial charge in [-0.3, -0.25) is 14.4 Å². The molecule has 0 aliphatic heterocycles. The van der Waals surface area contributed by atoms with E-state index in [0.29, 0.717) is 0 Å². The molecule has 0 aliphatic carbocycles. The number of aliphatic carboxylic acids is 2. The Morgan fingerprint density at radius 1 is 1.32 bits per heavy atom. The van der Waals surface area contributed by atoms with Gasteiger partial charge in [0.15, 0.2) is 0 Å². The molecule has 2 atom stereocenters. The quantitative estimate of drug-likeness (QED) is 0.650. The van der Waals surface area contributed by atoms with Crippen LogP contribution < -0.4 is 0 Å². The second-order valence-corrected chi connectivity index (χ2v) is 7.22. The third kappa shape index (κ3) is 9.69. The second-order valence-electron chi connectivity index (χ2n) is 3.51. The first-order valence-electron chi connectivity index (χ1n) is 5.21. The van der Waals surface area contributed by atoms with Crippen LogP contribution in [-0.4, -0.2) is 37.6 Å². The van der Waals surface area contributed by atoms with E-state index in [-0.39, 0.29) is 23.0 Å². The van der Waals surface area contributed by atoms with Crippen molar-refractivity contribution < 1.29 is 24.6 Å². The van der Waals surface area contributed by atoms with Crippen LogP contribution in [0.5, 0.6) is 0 Å². The number of nitriles is 1. The summed E-state index contributed by atoms with van der Waals surface area (Å²) in [6, 6.07) is 1.94. The number of carbonyl (C=O) groups is 3. The lowest BCUT2D eigenvalue weighted by molar-refractivity contribution is -0.137. The summed E-state index contributed by atoms with van der Waals surface area (Å²) in [6.07, 6.45) is 0.0477. The molecule has 0 rings (SSSR count). The Morgan fingerprint density at radius 3 is 2.42 bits per heavy atom. The summed E-state index contributed by atoms with van der Waals surface area (Å²) >= 11 is 0.848. The summed E-state index contributed by atoms with van der Waals surface area (Å²) in [5.74, 6) is -2.29. The summed E-state index contributed by atoms with van der Waals surface area (Å²) in [4.78, 5) is 32.5. The molecule has 0 heterocycles. The Kier molecular flexibility index (Phi) is 9.55. The van der Waals surface area contributed by atoms with Gasteiger partial charge in [0, 0.05) is 11.7 Å². The Labute approximate surface area is 122 Å². The molecule has 0 saturated heterocycles. The number of thioether (sulfide) groups is 1. The normalized spacial score (nSPS) is 13.3. The van der Waals surface area contributed by atoms with Crippen molar-refractivity contribution in [2.24, 2.45) is 5.92 Å². The highest BCUT2D eigenvalue weighted by Gasteiger charge is 2.23. The Bertz CT molecular complexity index is 382. The van der Waals surface area contributed by atoms with Crippen LogP contribution in [-0.2, 0) is 9.59 Å². The van der Waals surface area contributed by atoms with Crippen LogP contribution in [0.4, 0.5) is 4.79 Å². The van der Waals surface area contributed by atoms with E-state index in [0.717, 1.165) is 33.3 Å². The minimum Gasteiger partial charge on any atom is -0.481 e. The molecule has 0 aliphatic rings.